The van der Waals surface area contributed by atoms with Gasteiger partial charge in [-0.1, -0.05) is 15.9 Å². The Hall–Kier alpha value is -1.68. The molecule has 0 aromatic heterocycles. The minimum absolute atomic E-state index is 0.236. The van der Waals surface area contributed by atoms with E-state index < -0.39 is 53.3 Å². The molecular weight excluding hydrogens is 392 g/mol. The van der Waals surface area contributed by atoms with Crippen molar-refractivity contribution in [3.8, 4) is 0 Å². The summed E-state index contributed by atoms with van der Waals surface area (Å²) in [5.74, 6) is -2.52. The number of carbonyl (C=O) groups excluding carboxylic acids is 4. The lowest BCUT2D eigenvalue weighted by atomic mass is 9.99. The fourth-order valence-corrected chi connectivity index (χ4v) is 2.86. The highest BCUT2D eigenvalue weighted by molar-refractivity contribution is 9.09. The Bertz CT molecular complexity index is 506. The van der Waals surface area contributed by atoms with E-state index in [0.717, 1.165) is 13.8 Å². The van der Waals surface area contributed by atoms with Crippen LogP contribution in [-0.4, -0.2) is 59.9 Å². The molecule has 0 saturated carbocycles. The summed E-state index contributed by atoms with van der Waals surface area (Å²) in [6.07, 6.45) is -4.22. The largest absolute Gasteiger partial charge is 0.463 e. The molecule has 136 valence electrons. The van der Waals surface area contributed by atoms with E-state index in [-0.39, 0.29) is 6.61 Å². The first-order chi connectivity index (χ1) is 11.1. The molecule has 10 heteroatoms. The average Bonchev–Trinajstić information content (AvgIpc) is 2.42. The zero-order valence-corrected chi connectivity index (χ0v) is 15.2. The number of halogens is 1. The van der Waals surface area contributed by atoms with Crippen LogP contribution >= 0.6 is 15.9 Å². The molecule has 0 aromatic rings. The van der Waals surface area contributed by atoms with Crippen LogP contribution in [0.5, 0.6) is 0 Å². The van der Waals surface area contributed by atoms with Crippen molar-refractivity contribution in [2.24, 2.45) is 0 Å². The molecule has 1 saturated heterocycles. The van der Waals surface area contributed by atoms with Crippen molar-refractivity contribution in [1.82, 2.24) is 0 Å². The molecule has 0 spiro atoms. The van der Waals surface area contributed by atoms with Crippen molar-refractivity contribution < 1.29 is 42.9 Å². The highest BCUT2D eigenvalue weighted by Crippen LogP contribution is 2.31. The summed E-state index contributed by atoms with van der Waals surface area (Å²) in [7, 11) is 0. The second kappa shape index (κ2) is 8.97. The molecule has 0 amide bonds. The van der Waals surface area contributed by atoms with Crippen LogP contribution in [0.1, 0.15) is 27.7 Å². The highest BCUT2D eigenvalue weighted by Gasteiger charge is 2.51. The van der Waals surface area contributed by atoms with Gasteiger partial charge in [0.25, 0.3) is 0 Å². The van der Waals surface area contributed by atoms with Crippen molar-refractivity contribution in [3.05, 3.63) is 0 Å². The Labute approximate surface area is 147 Å². The average molecular weight is 411 g/mol. The highest BCUT2D eigenvalue weighted by atomic mass is 79.9. The van der Waals surface area contributed by atoms with Crippen LogP contribution in [0.2, 0.25) is 0 Å². The van der Waals surface area contributed by atoms with Gasteiger partial charge in [0, 0.05) is 27.7 Å². The molecule has 1 aliphatic rings. The molecule has 5 atom stereocenters. The summed E-state index contributed by atoms with van der Waals surface area (Å²) in [4.78, 5) is 45.1. The standard InChI is InChI=1S/C14H19BrO9/c1-6(16)20-5-10-11(21-7(2)17)12(22-8(3)18)13(14(15)24-10)23-9(4)19/h10-14H,5H2,1-4H3/t10-,11-,12+,13+,14-/m1/s1. The van der Waals surface area contributed by atoms with E-state index in [1.54, 1.807) is 0 Å². The van der Waals surface area contributed by atoms with Crippen LogP contribution in [0.25, 0.3) is 0 Å². The third-order valence-electron chi connectivity index (χ3n) is 2.93. The van der Waals surface area contributed by atoms with Crippen LogP contribution in [0.3, 0.4) is 0 Å². The summed E-state index contributed by atoms with van der Waals surface area (Å²) in [6, 6.07) is 0. The molecule has 0 unspecified atom stereocenters. The van der Waals surface area contributed by atoms with Crippen LogP contribution in [-0.2, 0) is 42.9 Å². The van der Waals surface area contributed by atoms with Crippen molar-refractivity contribution >= 4 is 39.8 Å². The molecule has 1 fully saturated rings. The van der Waals surface area contributed by atoms with Crippen molar-refractivity contribution in [2.45, 2.75) is 57.1 Å². The lowest BCUT2D eigenvalue weighted by Crippen LogP contribution is -2.60. The van der Waals surface area contributed by atoms with Crippen LogP contribution in [0.15, 0.2) is 0 Å². The predicted molar refractivity (Wildman–Crippen MR) is 80.9 cm³/mol. The first kappa shape index (κ1) is 20.4. The van der Waals surface area contributed by atoms with Gasteiger partial charge in [0.05, 0.1) is 0 Å². The number of carbonyl (C=O) groups is 4. The van der Waals surface area contributed by atoms with Gasteiger partial charge in [-0.05, 0) is 0 Å². The molecule has 1 rings (SSSR count). The van der Waals surface area contributed by atoms with Crippen molar-refractivity contribution in [1.29, 1.82) is 0 Å². The molecule has 1 aliphatic heterocycles. The summed E-state index contributed by atoms with van der Waals surface area (Å²) in [5.41, 5.74) is 0. The smallest absolute Gasteiger partial charge is 0.303 e. The van der Waals surface area contributed by atoms with Gasteiger partial charge in [-0.25, -0.2) is 0 Å². The molecule has 0 radical (unpaired) electrons. The maximum atomic E-state index is 11.4. The van der Waals surface area contributed by atoms with Gasteiger partial charge in [0.15, 0.2) is 23.3 Å². The zero-order chi connectivity index (χ0) is 18.4. The van der Waals surface area contributed by atoms with E-state index in [4.69, 9.17) is 23.7 Å². The van der Waals surface area contributed by atoms with Crippen LogP contribution in [0, 0.1) is 0 Å². The quantitative estimate of drug-likeness (QED) is 0.362. The molecule has 0 bridgehead atoms. The van der Waals surface area contributed by atoms with E-state index in [1.165, 1.54) is 13.8 Å². The summed E-state index contributed by atoms with van der Waals surface area (Å²) in [6.45, 7) is 4.47. The Morgan fingerprint density at radius 2 is 1.25 bits per heavy atom. The fraction of sp³-hybridized carbons (Fsp3) is 0.714. The number of hydrogen-bond acceptors (Lipinski definition) is 9. The SMILES string of the molecule is CC(=O)OC[C@H]1O[C@@H](Br)[C@@H](OC(C)=O)[C@@H](OC(C)=O)[C@@H]1OC(C)=O. The van der Waals surface area contributed by atoms with Gasteiger partial charge in [0.1, 0.15) is 12.7 Å². The number of ether oxygens (including phenoxy) is 5. The van der Waals surface area contributed by atoms with E-state index in [0.29, 0.717) is 0 Å². The Kier molecular flexibility index (Phi) is 7.61. The number of alkyl halides is 1. The first-order valence-corrected chi connectivity index (χ1v) is 7.98. The van der Waals surface area contributed by atoms with E-state index >= 15 is 0 Å². The number of hydrogen-bond donors (Lipinski definition) is 0. The van der Waals surface area contributed by atoms with Gasteiger partial charge < -0.3 is 23.7 Å². The van der Waals surface area contributed by atoms with Gasteiger partial charge in [-0.15, -0.1) is 0 Å². The number of rotatable bonds is 5. The minimum Gasteiger partial charge on any atom is -0.463 e. The summed E-state index contributed by atoms with van der Waals surface area (Å²) < 4.78 is 25.9. The summed E-state index contributed by atoms with van der Waals surface area (Å²) >= 11 is 3.18. The normalized spacial score (nSPS) is 29.3. The molecule has 0 aromatic carbocycles. The molecular formula is C14H19BrO9. The lowest BCUT2D eigenvalue weighted by molar-refractivity contribution is -0.236. The van der Waals surface area contributed by atoms with E-state index in [2.05, 4.69) is 15.9 Å². The van der Waals surface area contributed by atoms with Gasteiger partial charge >= 0.3 is 23.9 Å². The monoisotopic (exact) mass is 410 g/mol. The second-order valence-electron chi connectivity index (χ2n) is 5.05. The topological polar surface area (TPSA) is 114 Å². The molecule has 0 N–H and O–H groups in total. The predicted octanol–water partition coefficient (Wildman–Crippen LogP) is 0.464. The Morgan fingerprint density at radius 1 is 0.792 bits per heavy atom. The van der Waals surface area contributed by atoms with Gasteiger partial charge in [-0.2, -0.15) is 0 Å². The summed E-state index contributed by atoms with van der Waals surface area (Å²) in [5, 5.41) is -0.863. The fourth-order valence-electron chi connectivity index (χ4n) is 2.18. The maximum absolute atomic E-state index is 11.4. The third kappa shape index (κ3) is 6.08. The lowest BCUT2D eigenvalue weighted by Gasteiger charge is -2.42. The first-order valence-electron chi connectivity index (χ1n) is 7.06. The van der Waals surface area contributed by atoms with E-state index in [9.17, 15) is 19.2 Å². The third-order valence-corrected chi connectivity index (χ3v) is 3.67. The van der Waals surface area contributed by atoms with Gasteiger partial charge in [0.2, 0.25) is 0 Å². The molecule has 0 aliphatic carbocycles. The Morgan fingerprint density at radius 3 is 1.71 bits per heavy atom. The van der Waals surface area contributed by atoms with Crippen LogP contribution < -0.4 is 0 Å². The molecule has 24 heavy (non-hydrogen) atoms. The minimum atomic E-state index is -1.13. The van der Waals surface area contributed by atoms with E-state index in [1.807, 2.05) is 0 Å². The van der Waals surface area contributed by atoms with Gasteiger partial charge in [-0.3, -0.25) is 19.2 Å². The second-order valence-corrected chi connectivity index (χ2v) is 5.95. The number of esters is 4. The molecule has 9 nitrogen and oxygen atoms in total. The Balaban J connectivity index is 3.11. The van der Waals surface area contributed by atoms with Crippen molar-refractivity contribution in [2.75, 3.05) is 6.61 Å². The van der Waals surface area contributed by atoms with Crippen LogP contribution in [0.4, 0.5) is 0 Å². The van der Waals surface area contributed by atoms with Crippen molar-refractivity contribution in [3.63, 3.8) is 0 Å². The zero-order valence-electron chi connectivity index (χ0n) is 13.6. The molecule has 1 heterocycles. The maximum Gasteiger partial charge on any atom is 0.303 e.